The molecule has 0 aliphatic rings. The first-order valence-electron chi connectivity index (χ1n) is 5.07. The van der Waals surface area contributed by atoms with Gasteiger partial charge < -0.3 is 4.74 Å². The van der Waals surface area contributed by atoms with Crippen molar-refractivity contribution in [2.75, 3.05) is 7.11 Å². The van der Waals surface area contributed by atoms with E-state index in [2.05, 4.69) is 25.1 Å². The van der Waals surface area contributed by atoms with E-state index in [1.807, 2.05) is 29.5 Å². The SMILES string of the molecule is CCc1ccc(-c2ccccc2OC)s1. The molecule has 0 radical (unpaired) electrons. The summed E-state index contributed by atoms with van der Waals surface area (Å²) in [7, 11) is 1.72. The summed E-state index contributed by atoms with van der Waals surface area (Å²) < 4.78 is 5.35. The summed E-state index contributed by atoms with van der Waals surface area (Å²) in [4.78, 5) is 2.69. The number of hydrogen-bond acceptors (Lipinski definition) is 2. The molecule has 0 saturated carbocycles. The third-order valence-corrected chi connectivity index (χ3v) is 3.65. The van der Waals surface area contributed by atoms with Crippen LogP contribution in [-0.2, 0) is 6.42 Å². The number of methoxy groups -OCH3 is 1. The molecule has 2 aromatic rings. The van der Waals surface area contributed by atoms with E-state index in [0.29, 0.717) is 0 Å². The molecule has 1 aromatic heterocycles. The van der Waals surface area contributed by atoms with E-state index < -0.39 is 0 Å². The highest BCUT2D eigenvalue weighted by Crippen LogP contribution is 2.34. The number of rotatable bonds is 3. The van der Waals surface area contributed by atoms with Gasteiger partial charge >= 0.3 is 0 Å². The normalized spacial score (nSPS) is 10.3. The minimum absolute atomic E-state index is 0.946. The lowest BCUT2D eigenvalue weighted by Gasteiger charge is -2.05. The minimum atomic E-state index is 0.946. The van der Waals surface area contributed by atoms with Crippen LogP contribution in [0.25, 0.3) is 10.4 Å². The largest absolute Gasteiger partial charge is 0.496 e. The zero-order chi connectivity index (χ0) is 10.7. The van der Waals surface area contributed by atoms with Crippen molar-refractivity contribution in [1.82, 2.24) is 0 Å². The summed E-state index contributed by atoms with van der Waals surface area (Å²) in [6.07, 6.45) is 1.10. The molecule has 1 nitrogen and oxygen atoms in total. The van der Waals surface area contributed by atoms with E-state index in [1.165, 1.54) is 15.3 Å². The molecule has 1 aromatic carbocycles. The fourth-order valence-corrected chi connectivity index (χ4v) is 2.54. The van der Waals surface area contributed by atoms with Crippen molar-refractivity contribution < 1.29 is 4.74 Å². The van der Waals surface area contributed by atoms with Crippen LogP contribution in [-0.4, -0.2) is 7.11 Å². The Bertz CT molecular complexity index is 445. The first-order valence-corrected chi connectivity index (χ1v) is 5.89. The van der Waals surface area contributed by atoms with Crippen LogP contribution in [0.4, 0.5) is 0 Å². The van der Waals surface area contributed by atoms with Crippen molar-refractivity contribution in [3.8, 4) is 16.2 Å². The quantitative estimate of drug-likeness (QED) is 0.757. The van der Waals surface area contributed by atoms with Crippen LogP contribution in [0.5, 0.6) is 5.75 Å². The molecule has 78 valence electrons. The number of ether oxygens (including phenoxy) is 1. The second-order valence-corrected chi connectivity index (χ2v) is 4.49. The van der Waals surface area contributed by atoms with Crippen LogP contribution in [0.2, 0.25) is 0 Å². The van der Waals surface area contributed by atoms with Crippen molar-refractivity contribution >= 4 is 11.3 Å². The van der Waals surface area contributed by atoms with Crippen molar-refractivity contribution in [1.29, 1.82) is 0 Å². The van der Waals surface area contributed by atoms with Gasteiger partial charge in [-0.3, -0.25) is 0 Å². The molecular formula is C13H14OS. The van der Waals surface area contributed by atoms with E-state index in [-0.39, 0.29) is 0 Å². The number of thiophene rings is 1. The Balaban J connectivity index is 2.44. The summed E-state index contributed by atoms with van der Waals surface area (Å²) in [6, 6.07) is 12.5. The van der Waals surface area contributed by atoms with E-state index in [4.69, 9.17) is 4.74 Å². The molecule has 0 saturated heterocycles. The topological polar surface area (TPSA) is 9.23 Å². The average molecular weight is 218 g/mol. The lowest BCUT2D eigenvalue weighted by Crippen LogP contribution is -1.84. The molecule has 0 fully saturated rings. The molecule has 0 aliphatic heterocycles. The summed E-state index contributed by atoms with van der Waals surface area (Å²) in [6.45, 7) is 2.18. The number of para-hydroxylation sites is 1. The maximum absolute atomic E-state index is 5.35. The van der Waals surface area contributed by atoms with E-state index in [0.717, 1.165) is 12.2 Å². The van der Waals surface area contributed by atoms with Crippen LogP contribution < -0.4 is 4.74 Å². The van der Waals surface area contributed by atoms with E-state index in [1.54, 1.807) is 7.11 Å². The monoisotopic (exact) mass is 218 g/mol. The Morgan fingerprint density at radius 2 is 1.93 bits per heavy atom. The predicted molar refractivity (Wildman–Crippen MR) is 65.7 cm³/mol. The first kappa shape index (κ1) is 10.2. The first-order chi connectivity index (χ1) is 7.35. The van der Waals surface area contributed by atoms with Crippen molar-refractivity contribution in [3.05, 3.63) is 41.3 Å². The highest BCUT2D eigenvalue weighted by Gasteiger charge is 2.06. The van der Waals surface area contributed by atoms with Gasteiger partial charge in [0.25, 0.3) is 0 Å². The zero-order valence-corrected chi connectivity index (χ0v) is 9.80. The van der Waals surface area contributed by atoms with E-state index in [9.17, 15) is 0 Å². The molecule has 0 atom stereocenters. The van der Waals surface area contributed by atoms with Crippen LogP contribution >= 0.6 is 11.3 Å². The summed E-state index contributed by atoms with van der Waals surface area (Å²) >= 11 is 1.84. The van der Waals surface area contributed by atoms with Gasteiger partial charge in [0, 0.05) is 15.3 Å². The van der Waals surface area contributed by atoms with Gasteiger partial charge in [0.1, 0.15) is 5.75 Å². The molecule has 0 aliphatic carbocycles. The summed E-state index contributed by atoms with van der Waals surface area (Å²) in [5.41, 5.74) is 1.18. The smallest absolute Gasteiger partial charge is 0.127 e. The standard InChI is InChI=1S/C13H14OS/c1-3-10-8-9-13(15-10)11-6-4-5-7-12(11)14-2/h4-9H,3H2,1-2H3. The molecule has 1 heterocycles. The van der Waals surface area contributed by atoms with Gasteiger partial charge in [0.15, 0.2) is 0 Å². The van der Waals surface area contributed by atoms with Gasteiger partial charge in [-0.1, -0.05) is 19.1 Å². The number of aryl methyl sites for hydroxylation is 1. The minimum Gasteiger partial charge on any atom is -0.496 e. The highest BCUT2D eigenvalue weighted by atomic mass is 32.1. The molecule has 0 spiro atoms. The van der Waals surface area contributed by atoms with Gasteiger partial charge in [-0.05, 0) is 30.7 Å². The van der Waals surface area contributed by atoms with Crippen LogP contribution in [0.15, 0.2) is 36.4 Å². The van der Waals surface area contributed by atoms with E-state index >= 15 is 0 Å². The van der Waals surface area contributed by atoms with Crippen LogP contribution in [0.3, 0.4) is 0 Å². The number of hydrogen-bond donors (Lipinski definition) is 0. The van der Waals surface area contributed by atoms with Crippen molar-refractivity contribution in [3.63, 3.8) is 0 Å². The molecule has 2 heteroatoms. The van der Waals surface area contributed by atoms with Crippen molar-refractivity contribution in [2.45, 2.75) is 13.3 Å². The molecule has 0 unspecified atom stereocenters. The Labute approximate surface area is 94.3 Å². The summed E-state index contributed by atoms with van der Waals surface area (Å²) in [5.74, 6) is 0.946. The second-order valence-electron chi connectivity index (χ2n) is 3.32. The molecule has 2 rings (SSSR count). The number of benzene rings is 1. The fourth-order valence-electron chi connectivity index (χ4n) is 1.56. The van der Waals surface area contributed by atoms with Crippen LogP contribution in [0, 0.1) is 0 Å². The molecule has 0 N–H and O–H groups in total. The Morgan fingerprint density at radius 3 is 2.60 bits per heavy atom. The maximum atomic E-state index is 5.35. The lowest BCUT2D eigenvalue weighted by atomic mass is 10.1. The Kier molecular flexibility index (Phi) is 3.07. The van der Waals surface area contributed by atoms with Gasteiger partial charge in [0.05, 0.1) is 7.11 Å². The third-order valence-electron chi connectivity index (χ3n) is 2.38. The molecule has 15 heavy (non-hydrogen) atoms. The third kappa shape index (κ3) is 2.05. The van der Waals surface area contributed by atoms with Crippen molar-refractivity contribution in [2.24, 2.45) is 0 Å². The maximum Gasteiger partial charge on any atom is 0.127 e. The average Bonchev–Trinajstić information content (AvgIpc) is 2.77. The predicted octanol–water partition coefficient (Wildman–Crippen LogP) is 3.99. The van der Waals surface area contributed by atoms with Gasteiger partial charge in [-0.15, -0.1) is 11.3 Å². The molecule has 0 amide bonds. The van der Waals surface area contributed by atoms with Gasteiger partial charge in [0.2, 0.25) is 0 Å². The highest BCUT2D eigenvalue weighted by molar-refractivity contribution is 7.15. The summed E-state index contributed by atoms with van der Waals surface area (Å²) in [5, 5.41) is 0. The Morgan fingerprint density at radius 1 is 1.13 bits per heavy atom. The Hall–Kier alpha value is -1.28. The fraction of sp³-hybridized carbons (Fsp3) is 0.231. The molecular weight excluding hydrogens is 204 g/mol. The lowest BCUT2D eigenvalue weighted by molar-refractivity contribution is 0.416. The van der Waals surface area contributed by atoms with Gasteiger partial charge in [-0.25, -0.2) is 0 Å². The van der Waals surface area contributed by atoms with Crippen LogP contribution in [0.1, 0.15) is 11.8 Å². The van der Waals surface area contributed by atoms with Gasteiger partial charge in [-0.2, -0.15) is 0 Å². The zero-order valence-electron chi connectivity index (χ0n) is 8.99. The second kappa shape index (κ2) is 4.49. The molecule has 0 bridgehead atoms.